The summed E-state index contributed by atoms with van der Waals surface area (Å²) in [5.74, 6) is -0.910. The van der Waals surface area contributed by atoms with Crippen molar-refractivity contribution in [2.24, 2.45) is 11.7 Å². The standard InChI is InChI=1S/C5H11NO2.W/c1-3(2)4(6)5(7)8;/h3-4H,6H2,1-2H3,(H,7,8);/t4-;/m0./s1. The third-order valence-electron chi connectivity index (χ3n) is 1.00. The van der Waals surface area contributed by atoms with Crippen LogP contribution in [0.3, 0.4) is 0 Å². The van der Waals surface area contributed by atoms with E-state index in [1.54, 1.807) is 13.8 Å². The molecular weight excluding hydrogens is 290 g/mol. The topological polar surface area (TPSA) is 63.3 Å². The fourth-order valence-corrected chi connectivity index (χ4v) is 0.285. The number of nitrogens with two attached hydrogens (primary N) is 1. The summed E-state index contributed by atoms with van der Waals surface area (Å²) < 4.78 is 0. The van der Waals surface area contributed by atoms with E-state index >= 15 is 0 Å². The second-order valence-corrected chi connectivity index (χ2v) is 2.11. The molecule has 0 aliphatic heterocycles. The minimum Gasteiger partial charge on any atom is -0.480 e. The molecular formula is C5H11NO2W. The molecule has 0 saturated heterocycles. The van der Waals surface area contributed by atoms with Crippen LogP contribution in [0.2, 0.25) is 0 Å². The molecule has 0 aromatic heterocycles. The van der Waals surface area contributed by atoms with Gasteiger partial charge in [0, 0.05) is 21.1 Å². The third-order valence-corrected chi connectivity index (χ3v) is 1.00. The molecule has 9 heavy (non-hydrogen) atoms. The monoisotopic (exact) mass is 301 g/mol. The number of aliphatic carboxylic acids is 1. The normalized spacial score (nSPS) is 12.4. The smallest absolute Gasteiger partial charge is 0.320 e. The fraction of sp³-hybridized carbons (Fsp3) is 0.800. The van der Waals surface area contributed by atoms with Crippen molar-refractivity contribution in [2.45, 2.75) is 19.9 Å². The number of hydrogen-bond donors (Lipinski definition) is 2. The molecule has 0 amide bonds. The molecule has 0 aliphatic rings. The summed E-state index contributed by atoms with van der Waals surface area (Å²) in [5, 5.41) is 8.23. The van der Waals surface area contributed by atoms with Crippen LogP contribution in [0.5, 0.6) is 0 Å². The second kappa shape index (κ2) is 4.95. The maximum atomic E-state index is 10.0. The van der Waals surface area contributed by atoms with Crippen molar-refractivity contribution in [1.82, 2.24) is 0 Å². The van der Waals surface area contributed by atoms with Gasteiger partial charge in [-0.1, -0.05) is 13.8 Å². The Labute approximate surface area is 68.9 Å². The first-order chi connectivity index (χ1) is 3.55. The van der Waals surface area contributed by atoms with Crippen molar-refractivity contribution < 1.29 is 31.0 Å². The molecule has 0 rings (SSSR count). The molecule has 0 aromatic carbocycles. The Kier molecular flexibility index (Phi) is 6.52. The predicted octanol–water partition coefficient (Wildman–Crippen LogP) is 0.0518. The zero-order valence-corrected chi connectivity index (χ0v) is 8.43. The Morgan fingerprint density at radius 2 is 1.89 bits per heavy atom. The number of hydrogen-bond acceptors (Lipinski definition) is 2. The van der Waals surface area contributed by atoms with Gasteiger partial charge < -0.3 is 10.8 Å². The minimum atomic E-state index is -0.931. The van der Waals surface area contributed by atoms with Gasteiger partial charge in [-0.15, -0.1) is 0 Å². The summed E-state index contributed by atoms with van der Waals surface area (Å²) in [4.78, 5) is 10.0. The summed E-state index contributed by atoms with van der Waals surface area (Å²) in [6.07, 6.45) is 0. The zero-order valence-electron chi connectivity index (χ0n) is 5.50. The van der Waals surface area contributed by atoms with E-state index in [1.807, 2.05) is 0 Å². The van der Waals surface area contributed by atoms with Crippen LogP contribution >= 0.6 is 0 Å². The summed E-state index contributed by atoms with van der Waals surface area (Å²) in [6, 6.07) is -0.713. The maximum Gasteiger partial charge on any atom is 0.320 e. The van der Waals surface area contributed by atoms with Gasteiger partial charge in [0.15, 0.2) is 0 Å². The average molecular weight is 301 g/mol. The Morgan fingerprint density at radius 3 is 1.89 bits per heavy atom. The van der Waals surface area contributed by atoms with E-state index in [0.29, 0.717) is 0 Å². The van der Waals surface area contributed by atoms with Gasteiger partial charge in [0.05, 0.1) is 0 Å². The molecule has 0 spiro atoms. The van der Waals surface area contributed by atoms with Crippen molar-refractivity contribution in [1.29, 1.82) is 0 Å². The first-order valence-electron chi connectivity index (χ1n) is 2.54. The molecule has 0 saturated carbocycles. The van der Waals surface area contributed by atoms with Crippen LogP contribution in [0.15, 0.2) is 0 Å². The first kappa shape index (κ1) is 11.9. The summed E-state index contributed by atoms with van der Waals surface area (Å²) >= 11 is 0. The molecule has 0 heterocycles. The number of carbonyl (C=O) groups is 1. The Morgan fingerprint density at radius 1 is 1.56 bits per heavy atom. The van der Waals surface area contributed by atoms with Gasteiger partial charge in [-0.3, -0.25) is 4.79 Å². The Balaban J connectivity index is 0. The molecule has 0 aliphatic carbocycles. The Bertz CT molecular complexity index is 95.0. The molecule has 3 nitrogen and oxygen atoms in total. The van der Waals surface area contributed by atoms with Gasteiger partial charge in [-0.2, -0.15) is 0 Å². The van der Waals surface area contributed by atoms with Gasteiger partial charge in [-0.05, 0) is 5.92 Å². The maximum absolute atomic E-state index is 10.0. The fourth-order valence-electron chi connectivity index (χ4n) is 0.285. The minimum absolute atomic E-state index is 0. The molecule has 1 atom stereocenters. The van der Waals surface area contributed by atoms with Crippen LogP contribution in [0, 0.1) is 5.92 Å². The second-order valence-electron chi connectivity index (χ2n) is 2.11. The van der Waals surface area contributed by atoms with Gasteiger partial charge >= 0.3 is 5.97 Å². The van der Waals surface area contributed by atoms with E-state index in [0.717, 1.165) is 0 Å². The SMILES string of the molecule is CC(C)[C@H](N)C(=O)O.[W]. The van der Waals surface area contributed by atoms with Gasteiger partial charge in [0.2, 0.25) is 0 Å². The van der Waals surface area contributed by atoms with Crippen LogP contribution in [0.1, 0.15) is 13.8 Å². The quantitative estimate of drug-likeness (QED) is 0.758. The summed E-state index contributed by atoms with van der Waals surface area (Å²) in [5.41, 5.74) is 5.16. The van der Waals surface area contributed by atoms with Crippen LogP contribution in [0.25, 0.3) is 0 Å². The summed E-state index contributed by atoms with van der Waals surface area (Å²) in [7, 11) is 0. The van der Waals surface area contributed by atoms with Crippen molar-refractivity contribution in [3.63, 3.8) is 0 Å². The van der Waals surface area contributed by atoms with Crippen LogP contribution in [-0.4, -0.2) is 17.1 Å². The van der Waals surface area contributed by atoms with Crippen LogP contribution in [-0.2, 0) is 25.9 Å². The van der Waals surface area contributed by atoms with Gasteiger partial charge in [0.1, 0.15) is 6.04 Å². The van der Waals surface area contributed by atoms with E-state index in [9.17, 15) is 4.79 Å². The molecule has 0 aromatic rings. The van der Waals surface area contributed by atoms with E-state index in [-0.39, 0.29) is 27.0 Å². The largest absolute Gasteiger partial charge is 0.480 e. The molecule has 4 heteroatoms. The zero-order chi connectivity index (χ0) is 6.73. The van der Waals surface area contributed by atoms with Gasteiger partial charge in [0.25, 0.3) is 0 Å². The van der Waals surface area contributed by atoms with Gasteiger partial charge in [-0.25, -0.2) is 0 Å². The van der Waals surface area contributed by atoms with E-state index in [1.165, 1.54) is 0 Å². The van der Waals surface area contributed by atoms with Crippen molar-refractivity contribution in [2.75, 3.05) is 0 Å². The van der Waals surface area contributed by atoms with Crippen molar-refractivity contribution >= 4 is 5.97 Å². The molecule has 3 N–H and O–H groups in total. The number of rotatable bonds is 2. The Hall–Kier alpha value is 0.118. The first-order valence-corrected chi connectivity index (χ1v) is 2.54. The third kappa shape index (κ3) is 4.61. The van der Waals surface area contributed by atoms with Crippen molar-refractivity contribution in [3.8, 4) is 0 Å². The van der Waals surface area contributed by atoms with E-state index < -0.39 is 12.0 Å². The molecule has 54 valence electrons. The number of carboxylic acid groups (broad SMARTS) is 1. The van der Waals surface area contributed by atoms with Crippen LogP contribution < -0.4 is 5.73 Å². The molecule has 0 bridgehead atoms. The number of carboxylic acids is 1. The molecule has 0 unspecified atom stereocenters. The molecule has 0 fully saturated rings. The molecule has 0 radical (unpaired) electrons. The van der Waals surface area contributed by atoms with E-state index in [2.05, 4.69) is 0 Å². The van der Waals surface area contributed by atoms with Crippen molar-refractivity contribution in [3.05, 3.63) is 0 Å². The summed E-state index contributed by atoms with van der Waals surface area (Å²) in [6.45, 7) is 3.55. The predicted molar refractivity (Wildman–Crippen MR) is 30.4 cm³/mol. The van der Waals surface area contributed by atoms with Crippen LogP contribution in [0.4, 0.5) is 0 Å². The average Bonchev–Trinajstić information content (AvgIpc) is 1.64. The van der Waals surface area contributed by atoms with E-state index in [4.69, 9.17) is 10.8 Å².